The lowest BCUT2D eigenvalue weighted by Crippen LogP contribution is -2.05. The summed E-state index contributed by atoms with van der Waals surface area (Å²) < 4.78 is 5.01. The number of anilines is 2. The van der Waals surface area contributed by atoms with Crippen LogP contribution < -0.4 is 11.5 Å². The Morgan fingerprint density at radius 3 is 2.59 bits per heavy atom. The number of aromatic nitrogens is 1. The third-order valence-corrected chi connectivity index (χ3v) is 4.58. The zero-order chi connectivity index (χ0) is 19.4. The van der Waals surface area contributed by atoms with Crippen LogP contribution >= 0.6 is 0 Å². The number of rotatable bonds is 2. The fraction of sp³-hybridized carbons (Fsp3) is 0.190. The molecule has 1 aliphatic rings. The third kappa shape index (κ3) is 3.98. The minimum absolute atomic E-state index is 0.178. The molecule has 0 fully saturated rings. The van der Waals surface area contributed by atoms with Crippen LogP contribution in [0.4, 0.5) is 11.4 Å². The predicted octanol–water partition coefficient (Wildman–Crippen LogP) is 3.61. The molecule has 0 amide bonds. The van der Waals surface area contributed by atoms with Gasteiger partial charge in [-0.2, -0.15) is 5.26 Å². The molecule has 0 saturated carbocycles. The van der Waals surface area contributed by atoms with Crippen LogP contribution in [0.15, 0.2) is 47.3 Å². The number of nitrogens with zero attached hydrogens (tertiary/aromatic N) is 2. The van der Waals surface area contributed by atoms with Crippen LogP contribution in [0.5, 0.6) is 0 Å². The molecule has 4 rings (SSSR count). The van der Waals surface area contributed by atoms with Crippen molar-refractivity contribution in [2.75, 3.05) is 11.5 Å². The Morgan fingerprint density at radius 1 is 1.19 bits per heavy atom. The van der Waals surface area contributed by atoms with E-state index in [-0.39, 0.29) is 5.71 Å². The first-order valence-corrected chi connectivity index (χ1v) is 8.65. The molecule has 1 aromatic heterocycles. The van der Waals surface area contributed by atoms with Gasteiger partial charge in [0.25, 0.3) is 0 Å². The standard InChI is InChI=1S/C11H11N.C10H10N4O/c1-8-5-9-3-2-4-10(9)6-11(8)7-12;11-6-1-2-8(12)7(3-6)10(13)9-4-14-5-15-9/h5-6H,2-4H2,1H3;1-5,13H,11-12H2. The molecule has 6 heteroatoms. The zero-order valence-electron chi connectivity index (χ0n) is 15.1. The van der Waals surface area contributed by atoms with Crippen molar-refractivity contribution in [1.29, 1.82) is 10.7 Å². The summed E-state index contributed by atoms with van der Waals surface area (Å²) in [6.45, 7) is 2.01. The first kappa shape index (κ1) is 18.2. The Kier molecular flexibility index (Phi) is 5.23. The Balaban J connectivity index is 0.000000159. The first-order valence-electron chi connectivity index (χ1n) is 8.65. The van der Waals surface area contributed by atoms with Gasteiger partial charge in [0, 0.05) is 16.9 Å². The number of hydrogen-bond acceptors (Lipinski definition) is 6. The third-order valence-electron chi connectivity index (χ3n) is 4.58. The van der Waals surface area contributed by atoms with Gasteiger partial charge in [0.05, 0.1) is 17.8 Å². The Labute approximate surface area is 158 Å². The lowest BCUT2D eigenvalue weighted by Gasteiger charge is -2.05. The van der Waals surface area contributed by atoms with Crippen molar-refractivity contribution in [3.8, 4) is 6.07 Å². The van der Waals surface area contributed by atoms with Gasteiger partial charge in [0.2, 0.25) is 0 Å². The van der Waals surface area contributed by atoms with E-state index in [1.807, 2.05) is 6.92 Å². The maximum atomic E-state index is 8.80. The van der Waals surface area contributed by atoms with E-state index in [0.717, 1.165) is 17.5 Å². The van der Waals surface area contributed by atoms with Crippen molar-refractivity contribution in [1.82, 2.24) is 4.98 Å². The highest BCUT2D eigenvalue weighted by atomic mass is 16.3. The molecule has 1 aliphatic carbocycles. The summed E-state index contributed by atoms with van der Waals surface area (Å²) in [6, 6.07) is 11.4. The van der Waals surface area contributed by atoms with Gasteiger partial charge < -0.3 is 15.9 Å². The van der Waals surface area contributed by atoms with E-state index in [2.05, 4.69) is 23.2 Å². The fourth-order valence-electron chi connectivity index (χ4n) is 3.13. The summed E-state index contributed by atoms with van der Waals surface area (Å²) in [4.78, 5) is 3.74. The van der Waals surface area contributed by atoms with Gasteiger partial charge >= 0.3 is 0 Å². The summed E-state index contributed by atoms with van der Waals surface area (Å²) in [6.07, 6.45) is 6.34. The molecule has 0 atom stereocenters. The monoisotopic (exact) mass is 359 g/mol. The number of nitriles is 1. The first-order chi connectivity index (χ1) is 13.0. The number of benzene rings is 2. The average Bonchev–Trinajstić information content (AvgIpc) is 3.34. The molecule has 0 aliphatic heterocycles. The van der Waals surface area contributed by atoms with Crippen LogP contribution in [0.3, 0.4) is 0 Å². The van der Waals surface area contributed by atoms with E-state index in [0.29, 0.717) is 22.7 Å². The molecule has 1 heterocycles. The van der Waals surface area contributed by atoms with Gasteiger partial charge in [-0.3, -0.25) is 5.41 Å². The van der Waals surface area contributed by atoms with Crippen molar-refractivity contribution in [2.24, 2.45) is 0 Å². The fourth-order valence-corrected chi connectivity index (χ4v) is 3.13. The van der Waals surface area contributed by atoms with E-state index < -0.39 is 0 Å². The molecule has 0 saturated heterocycles. The lowest BCUT2D eigenvalue weighted by atomic mass is 10.0. The Morgan fingerprint density at radius 2 is 1.93 bits per heavy atom. The SMILES string of the molecule is Cc1cc2c(cc1C#N)CCC2.N=C(c1cnco1)c1cc(N)ccc1N. The van der Waals surface area contributed by atoms with E-state index in [9.17, 15) is 0 Å². The van der Waals surface area contributed by atoms with Crippen molar-refractivity contribution in [3.05, 3.63) is 76.5 Å². The summed E-state index contributed by atoms with van der Waals surface area (Å²) >= 11 is 0. The molecule has 0 spiro atoms. The molecule has 136 valence electrons. The van der Waals surface area contributed by atoms with Crippen LogP contribution in [0, 0.1) is 23.7 Å². The normalized spacial score (nSPS) is 11.9. The Bertz CT molecular complexity index is 1020. The van der Waals surface area contributed by atoms with Crippen molar-refractivity contribution in [3.63, 3.8) is 0 Å². The quantitative estimate of drug-likeness (QED) is 0.476. The van der Waals surface area contributed by atoms with Crippen LogP contribution in [-0.2, 0) is 12.8 Å². The maximum Gasteiger partial charge on any atom is 0.181 e. The maximum absolute atomic E-state index is 8.80. The number of hydrogen-bond donors (Lipinski definition) is 3. The molecule has 0 radical (unpaired) electrons. The van der Waals surface area contributed by atoms with Crippen LogP contribution in [0.2, 0.25) is 0 Å². The number of nitrogens with two attached hydrogens (primary N) is 2. The minimum Gasteiger partial charge on any atom is -0.442 e. The van der Waals surface area contributed by atoms with Crippen molar-refractivity contribution >= 4 is 17.1 Å². The molecule has 6 nitrogen and oxygen atoms in total. The molecular formula is C21H21N5O. The van der Waals surface area contributed by atoms with Crippen LogP contribution in [-0.4, -0.2) is 10.7 Å². The smallest absolute Gasteiger partial charge is 0.181 e. The second kappa shape index (κ2) is 7.75. The van der Waals surface area contributed by atoms with Crippen molar-refractivity contribution in [2.45, 2.75) is 26.2 Å². The van der Waals surface area contributed by atoms with Gasteiger partial charge in [-0.25, -0.2) is 4.98 Å². The molecule has 2 aromatic carbocycles. The summed E-state index contributed by atoms with van der Waals surface area (Å²) in [5.41, 5.74) is 17.9. The highest BCUT2D eigenvalue weighted by molar-refractivity contribution is 6.12. The molecule has 3 aromatic rings. The van der Waals surface area contributed by atoms with Gasteiger partial charge in [-0.05, 0) is 67.1 Å². The Hall–Kier alpha value is -3.59. The number of nitrogen functional groups attached to an aromatic ring is 2. The number of nitrogens with one attached hydrogen (secondary N) is 1. The summed E-state index contributed by atoms with van der Waals surface area (Å²) in [5.74, 6) is 0.368. The van der Waals surface area contributed by atoms with Crippen LogP contribution in [0.25, 0.3) is 0 Å². The van der Waals surface area contributed by atoms with Crippen LogP contribution in [0.1, 0.15) is 40.0 Å². The lowest BCUT2D eigenvalue weighted by molar-refractivity contribution is 0.548. The predicted molar refractivity (Wildman–Crippen MR) is 106 cm³/mol. The molecule has 27 heavy (non-hydrogen) atoms. The molecule has 0 unspecified atom stereocenters. The van der Waals surface area contributed by atoms with Gasteiger partial charge in [-0.15, -0.1) is 0 Å². The summed E-state index contributed by atoms with van der Waals surface area (Å²) in [5, 5.41) is 16.7. The summed E-state index contributed by atoms with van der Waals surface area (Å²) in [7, 11) is 0. The molecule has 5 N–H and O–H groups in total. The van der Waals surface area contributed by atoms with E-state index in [1.165, 1.54) is 36.6 Å². The van der Waals surface area contributed by atoms with E-state index >= 15 is 0 Å². The number of oxazole rings is 1. The number of fused-ring (bicyclic) bond motifs is 1. The van der Waals surface area contributed by atoms with Gasteiger partial charge in [0.15, 0.2) is 12.2 Å². The highest BCUT2D eigenvalue weighted by Gasteiger charge is 2.13. The molecular weight excluding hydrogens is 338 g/mol. The number of aryl methyl sites for hydroxylation is 3. The van der Waals surface area contributed by atoms with E-state index in [1.54, 1.807) is 18.2 Å². The van der Waals surface area contributed by atoms with E-state index in [4.69, 9.17) is 26.6 Å². The van der Waals surface area contributed by atoms with Gasteiger partial charge in [-0.1, -0.05) is 6.07 Å². The second-order valence-corrected chi connectivity index (χ2v) is 6.49. The largest absolute Gasteiger partial charge is 0.442 e. The minimum atomic E-state index is 0.178. The average molecular weight is 359 g/mol. The zero-order valence-corrected chi connectivity index (χ0v) is 15.1. The highest BCUT2D eigenvalue weighted by Crippen LogP contribution is 2.24. The van der Waals surface area contributed by atoms with Gasteiger partial charge in [0.1, 0.15) is 5.71 Å². The topological polar surface area (TPSA) is 126 Å². The van der Waals surface area contributed by atoms with Crippen molar-refractivity contribution < 1.29 is 4.42 Å². The second-order valence-electron chi connectivity index (χ2n) is 6.49. The molecule has 0 bridgehead atoms.